The Balaban J connectivity index is 1.79. The molecule has 0 saturated carbocycles. The lowest BCUT2D eigenvalue weighted by Crippen LogP contribution is -2.10. The minimum atomic E-state index is -0.848. The Bertz CT molecular complexity index is 1140. The molecule has 4 rings (SSSR count). The molecule has 1 aliphatic heterocycles. The summed E-state index contributed by atoms with van der Waals surface area (Å²) in [6.07, 6.45) is 0.479. The van der Waals surface area contributed by atoms with Crippen molar-refractivity contribution >= 4 is 34.5 Å². The number of hydrogen-bond donors (Lipinski definition) is 3. The third kappa shape index (κ3) is 4.07. The van der Waals surface area contributed by atoms with E-state index in [1.807, 2.05) is 54.6 Å². The number of para-hydroxylation sites is 1. The number of halogens is 1. The quantitative estimate of drug-likeness (QED) is 0.519. The summed E-state index contributed by atoms with van der Waals surface area (Å²) in [5.41, 5.74) is 4.53. The first-order valence-electron chi connectivity index (χ1n) is 9.50. The predicted molar refractivity (Wildman–Crippen MR) is 114 cm³/mol. The summed E-state index contributed by atoms with van der Waals surface area (Å²) in [7, 11) is 0. The van der Waals surface area contributed by atoms with Gasteiger partial charge in [0.15, 0.2) is 0 Å². The number of carboxylic acid groups (broad SMARTS) is 1. The average molecular weight is 402 g/mol. The summed E-state index contributed by atoms with van der Waals surface area (Å²) < 4.78 is 13.6. The molecule has 0 unspecified atom stereocenters. The fourth-order valence-corrected chi connectivity index (χ4v) is 3.43. The third-order valence-corrected chi connectivity index (χ3v) is 4.89. The molecule has 5 nitrogen and oxygen atoms in total. The number of hydrogen-bond acceptors (Lipinski definition) is 3. The van der Waals surface area contributed by atoms with Gasteiger partial charge in [-0.2, -0.15) is 0 Å². The van der Waals surface area contributed by atoms with Crippen LogP contribution in [-0.2, 0) is 16.0 Å². The smallest absolute Gasteiger partial charge is 0.303 e. The molecule has 6 heteroatoms. The minimum Gasteiger partial charge on any atom is -0.481 e. The zero-order chi connectivity index (χ0) is 21.1. The number of anilines is 2. The Kier molecular flexibility index (Phi) is 5.30. The second-order valence-corrected chi connectivity index (χ2v) is 6.98. The topological polar surface area (TPSA) is 78.4 Å². The molecule has 3 aromatic carbocycles. The predicted octanol–water partition coefficient (Wildman–Crippen LogP) is 4.78. The molecule has 1 amide bonds. The zero-order valence-corrected chi connectivity index (χ0v) is 16.0. The molecule has 0 fully saturated rings. The van der Waals surface area contributed by atoms with Crippen LogP contribution in [0, 0.1) is 5.82 Å². The molecular formula is C24H19FN2O3. The molecule has 0 saturated heterocycles. The van der Waals surface area contributed by atoms with Gasteiger partial charge in [0.05, 0.1) is 17.0 Å². The molecule has 1 heterocycles. The van der Waals surface area contributed by atoms with E-state index in [0.29, 0.717) is 28.9 Å². The van der Waals surface area contributed by atoms with Crippen molar-refractivity contribution in [3.63, 3.8) is 0 Å². The number of carbonyl (C=O) groups is 2. The van der Waals surface area contributed by atoms with Gasteiger partial charge in [-0.1, -0.05) is 42.5 Å². The van der Waals surface area contributed by atoms with Crippen LogP contribution in [0.15, 0.2) is 72.8 Å². The Hall–Kier alpha value is -3.93. The van der Waals surface area contributed by atoms with Gasteiger partial charge in [0.25, 0.3) is 5.91 Å². The summed E-state index contributed by atoms with van der Waals surface area (Å²) in [5.74, 6) is -1.58. The normalized spacial score (nSPS) is 14.1. The number of nitrogens with one attached hydrogen (secondary N) is 2. The van der Waals surface area contributed by atoms with Crippen LogP contribution >= 0.6 is 0 Å². The number of amides is 1. The molecule has 0 atom stereocenters. The maximum absolute atomic E-state index is 13.6. The summed E-state index contributed by atoms with van der Waals surface area (Å²) in [5, 5.41) is 14.9. The van der Waals surface area contributed by atoms with Crippen LogP contribution in [0.4, 0.5) is 15.8 Å². The maximum Gasteiger partial charge on any atom is 0.303 e. The van der Waals surface area contributed by atoms with Crippen molar-refractivity contribution in [3.8, 4) is 0 Å². The molecule has 0 radical (unpaired) electrons. The van der Waals surface area contributed by atoms with Gasteiger partial charge in [0.1, 0.15) is 5.82 Å². The third-order valence-electron chi connectivity index (χ3n) is 4.89. The Labute approximate surface area is 172 Å². The van der Waals surface area contributed by atoms with Crippen LogP contribution in [0.1, 0.15) is 23.1 Å². The lowest BCUT2D eigenvalue weighted by molar-refractivity contribution is -0.137. The van der Waals surface area contributed by atoms with E-state index in [1.165, 1.54) is 12.1 Å². The molecule has 3 aromatic rings. The largest absolute Gasteiger partial charge is 0.481 e. The van der Waals surface area contributed by atoms with Crippen molar-refractivity contribution in [3.05, 3.63) is 95.3 Å². The van der Waals surface area contributed by atoms with Crippen LogP contribution in [0.5, 0.6) is 0 Å². The fraction of sp³-hybridized carbons (Fsp3) is 0.0833. The summed E-state index contributed by atoms with van der Waals surface area (Å²) >= 11 is 0. The van der Waals surface area contributed by atoms with E-state index in [2.05, 4.69) is 10.6 Å². The SMILES string of the molecule is O=C(O)CCc1ccc(/C(Nc2ccccc2)=C2/C(=O)Nc3cc(F)ccc32)cc1. The second-order valence-electron chi connectivity index (χ2n) is 6.98. The molecule has 0 aromatic heterocycles. The average Bonchev–Trinajstić information content (AvgIpc) is 3.06. The van der Waals surface area contributed by atoms with Gasteiger partial charge in [-0.15, -0.1) is 0 Å². The number of carboxylic acids is 1. The van der Waals surface area contributed by atoms with E-state index in [-0.39, 0.29) is 12.3 Å². The highest BCUT2D eigenvalue weighted by atomic mass is 19.1. The number of aliphatic carboxylic acids is 1. The van der Waals surface area contributed by atoms with Crippen molar-refractivity contribution in [2.24, 2.45) is 0 Å². The van der Waals surface area contributed by atoms with Gasteiger partial charge in [-0.25, -0.2) is 4.39 Å². The van der Waals surface area contributed by atoms with Crippen LogP contribution in [0.2, 0.25) is 0 Å². The Morgan fingerprint density at radius 3 is 2.43 bits per heavy atom. The molecular weight excluding hydrogens is 383 g/mol. The standard InChI is InChI=1S/C24H19FN2O3/c25-17-11-12-19-20(14-17)27-24(30)22(19)23(26-18-4-2-1-3-5-18)16-9-6-15(7-10-16)8-13-21(28)29/h1-7,9-12,14,26H,8,13H2,(H,27,30)(H,28,29)/b23-22-. The van der Waals surface area contributed by atoms with Crippen molar-refractivity contribution in [1.82, 2.24) is 0 Å². The maximum atomic E-state index is 13.6. The highest BCUT2D eigenvalue weighted by Gasteiger charge is 2.28. The molecule has 30 heavy (non-hydrogen) atoms. The van der Waals surface area contributed by atoms with Crippen LogP contribution in [0.3, 0.4) is 0 Å². The van der Waals surface area contributed by atoms with E-state index in [9.17, 15) is 14.0 Å². The van der Waals surface area contributed by atoms with E-state index >= 15 is 0 Å². The summed E-state index contributed by atoms with van der Waals surface area (Å²) in [4.78, 5) is 23.6. The van der Waals surface area contributed by atoms with E-state index in [0.717, 1.165) is 16.8 Å². The highest BCUT2D eigenvalue weighted by Crippen LogP contribution is 2.37. The van der Waals surface area contributed by atoms with Crippen molar-refractivity contribution in [1.29, 1.82) is 0 Å². The molecule has 1 aliphatic rings. The fourth-order valence-electron chi connectivity index (χ4n) is 3.43. The Morgan fingerprint density at radius 1 is 1.00 bits per heavy atom. The number of carbonyl (C=O) groups excluding carboxylic acids is 1. The van der Waals surface area contributed by atoms with Crippen molar-refractivity contribution < 1.29 is 19.1 Å². The van der Waals surface area contributed by atoms with Crippen molar-refractivity contribution in [2.45, 2.75) is 12.8 Å². The summed E-state index contributed by atoms with van der Waals surface area (Å²) in [6.45, 7) is 0. The number of rotatable bonds is 6. The van der Waals surface area contributed by atoms with Crippen LogP contribution < -0.4 is 10.6 Å². The first-order valence-corrected chi connectivity index (χ1v) is 9.50. The number of aryl methyl sites for hydroxylation is 1. The molecule has 150 valence electrons. The second kappa shape index (κ2) is 8.21. The molecule has 3 N–H and O–H groups in total. The van der Waals surface area contributed by atoms with Crippen LogP contribution in [0.25, 0.3) is 11.3 Å². The van der Waals surface area contributed by atoms with E-state index < -0.39 is 11.8 Å². The van der Waals surface area contributed by atoms with Gasteiger partial charge in [0.2, 0.25) is 0 Å². The lowest BCUT2D eigenvalue weighted by Gasteiger charge is -2.15. The molecule has 0 aliphatic carbocycles. The zero-order valence-electron chi connectivity index (χ0n) is 16.0. The monoisotopic (exact) mass is 402 g/mol. The van der Waals surface area contributed by atoms with E-state index in [1.54, 1.807) is 6.07 Å². The van der Waals surface area contributed by atoms with E-state index in [4.69, 9.17) is 5.11 Å². The van der Waals surface area contributed by atoms with Gasteiger partial charge >= 0.3 is 5.97 Å². The first kappa shape index (κ1) is 19.4. The van der Waals surface area contributed by atoms with Gasteiger partial charge in [-0.05, 0) is 47.9 Å². The summed E-state index contributed by atoms with van der Waals surface area (Å²) in [6, 6.07) is 21.1. The lowest BCUT2D eigenvalue weighted by atomic mass is 9.98. The van der Waals surface area contributed by atoms with Crippen molar-refractivity contribution in [2.75, 3.05) is 10.6 Å². The number of benzene rings is 3. The van der Waals surface area contributed by atoms with Gasteiger partial charge in [0, 0.05) is 17.7 Å². The molecule has 0 bridgehead atoms. The van der Waals surface area contributed by atoms with Gasteiger partial charge in [-0.3, -0.25) is 9.59 Å². The minimum absolute atomic E-state index is 0.0525. The van der Waals surface area contributed by atoms with Gasteiger partial charge < -0.3 is 15.7 Å². The highest BCUT2D eigenvalue weighted by molar-refractivity contribution is 6.37. The van der Waals surface area contributed by atoms with Crippen LogP contribution in [-0.4, -0.2) is 17.0 Å². The Morgan fingerprint density at radius 2 is 1.73 bits per heavy atom. The molecule has 0 spiro atoms. The number of fused-ring (bicyclic) bond motifs is 1. The first-order chi connectivity index (χ1) is 14.5.